The molecule has 1 aromatic heterocycles. The van der Waals surface area contributed by atoms with Crippen LogP contribution in [0.25, 0.3) is 0 Å². The molecule has 5 fully saturated rings. The van der Waals surface area contributed by atoms with Gasteiger partial charge in [0.2, 0.25) is 5.91 Å². The number of ether oxygens (including phenoxy) is 1. The van der Waals surface area contributed by atoms with Gasteiger partial charge in [-0.15, -0.1) is 0 Å². The second-order valence-electron chi connectivity index (χ2n) is 16.5. The van der Waals surface area contributed by atoms with E-state index in [0.717, 1.165) is 68.5 Å². The number of hydrogen-bond acceptors (Lipinski definition) is 7. The minimum atomic E-state index is -0.698. The summed E-state index contributed by atoms with van der Waals surface area (Å²) in [6.45, 7) is 12.5. The van der Waals surface area contributed by atoms with Crippen molar-refractivity contribution in [3.05, 3.63) is 34.4 Å². The summed E-state index contributed by atoms with van der Waals surface area (Å²) in [5.74, 6) is 1.49. The van der Waals surface area contributed by atoms with E-state index in [1.807, 2.05) is 6.07 Å². The van der Waals surface area contributed by atoms with Crippen LogP contribution in [0.2, 0.25) is 0 Å². The minimum absolute atomic E-state index is 0.0779. The molecular formula is C36H54N4O6S. The van der Waals surface area contributed by atoms with Gasteiger partial charge in [0.15, 0.2) is 5.11 Å². The molecule has 5 aliphatic rings. The van der Waals surface area contributed by atoms with E-state index >= 15 is 0 Å². The van der Waals surface area contributed by atoms with Gasteiger partial charge < -0.3 is 34.7 Å². The van der Waals surface area contributed by atoms with Crippen LogP contribution in [0.3, 0.4) is 0 Å². The van der Waals surface area contributed by atoms with Gasteiger partial charge in [-0.2, -0.15) is 0 Å². The number of nitrogens with one attached hydrogen (secondary N) is 2. The van der Waals surface area contributed by atoms with Gasteiger partial charge in [-0.25, -0.2) is 9.59 Å². The first-order valence-corrected chi connectivity index (χ1v) is 18.1. The Bertz CT molecular complexity index is 1400. The van der Waals surface area contributed by atoms with Crippen LogP contribution in [-0.4, -0.2) is 82.0 Å². The first kappa shape index (κ1) is 34.2. The van der Waals surface area contributed by atoms with Crippen molar-refractivity contribution in [2.24, 2.45) is 28.6 Å². The van der Waals surface area contributed by atoms with E-state index in [-0.39, 0.29) is 34.8 Å². The summed E-state index contributed by atoms with van der Waals surface area (Å²) in [5.41, 5.74) is -0.594. The highest BCUT2D eigenvalue weighted by Crippen LogP contribution is 2.70. The van der Waals surface area contributed by atoms with Gasteiger partial charge in [0.05, 0.1) is 11.9 Å². The van der Waals surface area contributed by atoms with Crippen molar-refractivity contribution in [3.8, 4) is 0 Å². The van der Waals surface area contributed by atoms with Crippen molar-refractivity contribution < 1.29 is 23.8 Å². The van der Waals surface area contributed by atoms with Crippen molar-refractivity contribution in [2.45, 2.75) is 116 Å². The average molecular weight is 671 g/mol. The Balaban J connectivity index is 1.01. The lowest BCUT2D eigenvalue weighted by Gasteiger charge is -2.64. The maximum absolute atomic E-state index is 12.7. The highest BCUT2D eigenvalue weighted by atomic mass is 32.1. The van der Waals surface area contributed by atoms with E-state index in [0.29, 0.717) is 50.0 Å². The standard InChI is InChI=1S/C36H54N4O6S/c1-33(2,3)46-32(43)37-21-29(41)39-16-18-40(19-17-39)31(47)38-25-10-13-34(4)24(20-25)7-8-28-27(34)11-14-35(5)26(12-15-36(28,35)44)23-6-9-30(42)45-22-23/h6,9,22,24-28,44H,7-8,10-21H2,1-5H3,(H,37,43)(H,38,47)/t24-,25+,26-,27+,28-,34+,35-,36+/m1/s1. The van der Waals surface area contributed by atoms with Gasteiger partial charge in [-0.1, -0.05) is 13.8 Å². The Hall–Kier alpha value is -2.66. The fourth-order valence-electron chi connectivity index (χ4n) is 10.5. The molecular weight excluding hydrogens is 616 g/mol. The molecule has 0 unspecified atom stereocenters. The van der Waals surface area contributed by atoms with Crippen LogP contribution in [0.15, 0.2) is 27.6 Å². The van der Waals surface area contributed by atoms with Crippen molar-refractivity contribution >= 4 is 29.3 Å². The summed E-state index contributed by atoms with van der Waals surface area (Å²) < 4.78 is 10.5. The second-order valence-corrected chi connectivity index (χ2v) is 16.9. The molecule has 1 aliphatic heterocycles. The topological polar surface area (TPSA) is 124 Å². The molecule has 2 amide bonds. The predicted molar refractivity (Wildman–Crippen MR) is 183 cm³/mol. The van der Waals surface area contributed by atoms with E-state index < -0.39 is 17.3 Å². The van der Waals surface area contributed by atoms with Gasteiger partial charge >= 0.3 is 11.7 Å². The monoisotopic (exact) mass is 670 g/mol. The first-order chi connectivity index (χ1) is 22.1. The smallest absolute Gasteiger partial charge is 0.408 e. The maximum Gasteiger partial charge on any atom is 0.408 e. The number of alkyl carbamates (subject to hydrolysis) is 1. The third kappa shape index (κ3) is 6.43. The van der Waals surface area contributed by atoms with E-state index in [4.69, 9.17) is 21.4 Å². The third-order valence-electron chi connectivity index (χ3n) is 13.0. The van der Waals surface area contributed by atoms with Crippen LogP contribution in [-0.2, 0) is 9.53 Å². The molecule has 8 atom stereocenters. The lowest BCUT2D eigenvalue weighted by Crippen LogP contribution is -2.62. The summed E-state index contributed by atoms with van der Waals surface area (Å²) in [4.78, 5) is 40.2. The Morgan fingerprint density at radius 1 is 1.00 bits per heavy atom. The molecule has 0 spiro atoms. The summed E-state index contributed by atoms with van der Waals surface area (Å²) in [6.07, 6.45) is 10.4. The van der Waals surface area contributed by atoms with Crippen LogP contribution in [0.5, 0.6) is 0 Å². The van der Waals surface area contributed by atoms with E-state index in [1.165, 1.54) is 6.07 Å². The van der Waals surface area contributed by atoms with Crippen molar-refractivity contribution in [2.75, 3.05) is 32.7 Å². The van der Waals surface area contributed by atoms with Crippen LogP contribution in [0, 0.1) is 28.6 Å². The van der Waals surface area contributed by atoms with Crippen LogP contribution in [0.1, 0.15) is 104 Å². The highest BCUT2D eigenvalue weighted by molar-refractivity contribution is 7.80. The van der Waals surface area contributed by atoms with Gasteiger partial charge in [0, 0.05) is 43.7 Å². The molecule has 0 aromatic carbocycles. The lowest BCUT2D eigenvalue weighted by molar-refractivity contribution is -0.201. The molecule has 4 aliphatic carbocycles. The molecule has 0 bridgehead atoms. The number of rotatable bonds is 4. The fraction of sp³-hybridized carbons (Fsp3) is 0.778. The molecule has 11 heteroatoms. The third-order valence-corrected chi connectivity index (χ3v) is 13.4. The van der Waals surface area contributed by atoms with E-state index in [2.05, 4.69) is 29.4 Å². The molecule has 2 heterocycles. The lowest BCUT2D eigenvalue weighted by atomic mass is 9.43. The number of aliphatic hydroxyl groups is 1. The number of hydrogen-bond donors (Lipinski definition) is 3. The predicted octanol–water partition coefficient (Wildman–Crippen LogP) is 4.79. The zero-order valence-electron chi connectivity index (χ0n) is 28.8. The summed E-state index contributed by atoms with van der Waals surface area (Å²) in [5, 5.41) is 19.6. The second kappa shape index (κ2) is 12.7. The quantitative estimate of drug-likeness (QED) is 0.388. The Morgan fingerprint density at radius 2 is 1.72 bits per heavy atom. The van der Waals surface area contributed by atoms with Crippen molar-refractivity contribution in [1.29, 1.82) is 0 Å². The van der Waals surface area contributed by atoms with E-state index in [9.17, 15) is 19.5 Å². The zero-order valence-corrected chi connectivity index (χ0v) is 29.6. The summed E-state index contributed by atoms with van der Waals surface area (Å²) in [6, 6.07) is 3.75. The molecule has 4 saturated carbocycles. The zero-order chi connectivity index (χ0) is 33.8. The van der Waals surface area contributed by atoms with Gasteiger partial charge in [-0.3, -0.25) is 4.79 Å². The Kier molecular flexibility index (Phi) is 9.22. The Morgan fingerprint density at radius 3 is 2.40 bits per heavy atom. The summed E-state index contributed by atoms with van der Waals surface area (Å²) in [7, 11) is 0. The van der Waals surface area contributed by atoms with Crippen LogP contribution >= 0.6 is 12.2 Å². The normalized spacial score (nSPS) is 36.9. The number of fused-ring (bicyclic) bond motifs is 5. The molecule has 10 nitrogen and oxygen atoms in total. The number of carbonyl (C=O) groups excluding carboxylic acids is 2. The Labute approximate surface area is 284 Å². The van der Waals surface area contributed by atoms with Crippen molar-refractivity contribution in [1.82, 2.24) is 20.4 Å². The fourth-order valence-corrected chi connectivity index (χ4v) is 10.8. The number of amides is 2. The molecule has 1 saturated heterocycles. The number of piperazine rings is 1. The van der Waals surface area contributed by atoms with E-state index in [1.54, 1.807) is 31.9 Å². The maximum atomic E-state index is 12.7. The molecule has 1 aromatic rings. The van der Waals surface area contributed by atoms with Crippen molar-refractivity contribution in [3.63, 3.8) is 0 Å². The van der Waals surface area contributed by atoms with Crippen LogP contribution in [0.4, 0.5) is 4.79 Å². The molecule has 260 valence electrons. The SMILES string of the molecule is CC(C)(C)OC(=O)NCC(=O)N1CCN(C(=S)N[C@H]2CC[C@@]3(C)[C@H](CC[C@@H]4[C@@H]3CC[C@]3(C)[C@@H](c5ccc(=O)oc5)CC[C@]43O)C2)CC1. The first-order valence-electron chi connectivity index (χ1n) is 17.7. The minimum Gasteiger partial charge on any atom is -0.444 e. The molecule has 0 radical (unpaired) electrons. The van der Waals surface area contributed by atoms with Crippen LogP contribution < -0.4 is 16.3 Å². The van der Waals surface area contributed by atoms with Gasteiger partial charge in [-0.05, 0) is 131 Å². The highest BCUT2D eigenvalue weighted by Gasteiger charge is 2.67. The number of thiocarbonyl (C=S) groups is 1. The van der Waals surface area contributed by atoms with Gasteiger partial charge in [0.1, 0.15) is 12.1 Å². The number of carbonyl (C=O) groups is 2. The van der Waals surface area contributed by atoms with Gasteiger partial charge in [0.25, 0.3) is 0 Å². The number of nitrogens with zero attached hydrogens (tertiary/aromatic N) is 2. The molecule has 3 N–H and O–H groups in total. The largest absolute Gasteiger partial charge is 0.444 e. The molecule has 6 rings (SSSR count). The average Bonchev–Trinajstić information content (AvgIpc) is 3.30. The molecule has 47 heavy (non-hydrogen) atoms. The summed E-state index contributed by atoms with van der Waals surface area (Å²) >= 11 is 5.88.